The summed E-state index contributed by atoms with van der Waals surface area (Å²) >= 11 is 1.51. The fraction of sp³-hybridized carbons (Fsp3) is 0.300. The predicted molar refractivity (Wildman–Crippen MR) is 107 cm³/mol. The average Bonchev–Trinajstić information content (AvgIpc) is 3.11. The van der Waals surface area contributed by atoms with Gasteiger partial charge in [0.25, 0.3) is 5.91 Å². The van der Waals surface area contributed by atoms with Gasteiger partial charge in [0.1, 0.15) is 11.6 Å². The van der Waals surface area contributed by atoms with Crippen molar-refractivity contribution in [1.29, 1.82) is 0 Å². The highest BCUT2D eigenvalue weighted by Crippen LogP contribution is 2.29. The first kappa shape index (κ1) is 18.8. The Hall–Kier alpha value is -2.58. The smallest absolute Gasteiger partial charge is 0.251 e. The van der Waals surface area contributed by atoms with Gasteiger partial charge in [-0.25, -0.2) is 13.8 Å². The maximum atomic E-state index is 13.4. The summed E-state index contributed by atoms with van der Waals surface area (Å²) in [6.07, 6.45) is 0. The lowest BCUT2D eigenvalue weighted by Gasteiger charge is -2.34. The van der Waals surface area contributed by atoms with Crippen LogP contribution in [0.4, 0.5) is 13.9 Å². The van der Waals surface area contributed by atoms with Crippen LogP contribution in [0.5, 0.6) is 0 Å². The van der Waals surface area contributed by atoms with Crippen molar-refractivity contribution in [1.82, 2.24) is 15.2 Å². The lowest BCUT2D eigenvalue weighted by atomic mass is 10.2. The summed E-state index contributed by atoms with van der Waals surface area (Å²) in [5.74, 6) is -0.922. The summed E-state index contributed by atoms with van der Waals surface area (Å²) in [6.45, 7) is 4.64. The average molecular weight is 402 g/mol. The molecule has 0 saturated carbocycles. The molecule has 28 heavy (non-hydrogen) atoms. The van der Waals surface area contributed by atoms with E-state index in [1.54, 1.807) is 12.1 Å². The third kappa shape index (κ3) is 4.28. The van der Waals surface area contributed by atoms with Crippen LogP contribution < -0.4 is 10.2 Å². The standard InChI is InChI=1S/C20H20F2N4OS/c21-15-3-1-2-14(12-15)19(27)23-6-7-25-8-10-26(11-9-25)20-24-17-5-4-16(22)13-18(17)28-20/h1-5,12-13H,6-11H2,(H,23,27). The minimum atomic E-state index is -0.415. The van der Waals surface area contributed by atoms with Crippen LogP contribution in [-0.2, 0) is 0 Å². The summed E-state index contributed by atoms with van der Waals surface area (Å²) in [7, 11) is 0. The Kier molecular flexibility index (Phi) is 5.50. The number of hydrogen-bond acceptors (Lipinski definition) is 5. The summed E-state index contributed by atoms with van der Waals surface area (Å²) in [6, 6.07) is 10.3. The van der Waals surface area contributed by atoms with E-state index in [0.29, 0.717) is 12.1 Å². The largest absolute Gasteiger partial charge is 0.351 e. The van der Waals surface area contributed by atoms with Gasteiger partial charge < -0.3 is 10.2 Å². The highest BCUT2D eigenvalue weighted by atomic mass is 32.1. The van der Waals surface area contributed by atoms with Crippen molar-refractivity contribution in [3.05, 3.63) is 59.7 Å². The van der Waals surface area contributed by atoms with Crippen LogP contribution in [0.1, 0.15) is 10.4 Å². The predicted octanol–water partition coefficient (Wildman–Crippen LogP) is 3.13. The molecule has 1 aliphatic heterocycles. The van der Waals surface area contributed by atoms with E-state index in [1.165, 1.54) is 41.7 Å². The number of amides is 1. The van der Waals surface area contributed by atoms with Crippen LogP contribution in [0, 0.1) is 11.6 Å². The number of fused-ring (bicyclic) bond motifs is 1. The van der Waals surface area contributed by atoms with Gasteiger partial charge in [0.05, 0.1) is 10.2 Å². The monoisotopic (exact) mass is 402 g/mol. The molecule has 1 aliphatic rings. The van der Waals surface area contributed by atoms with E-state index in [9.17, 15) is 13.6 Å². The molecular weight excluding hydrogens is 382 g/mol. The Balaban J connectivity index is 1.25. The summed E-state index contributed by atoms with van der Waals surface area (Å²) in [4.78, 5) is 21.1. The molecule has 2 aromatic carbocycles. The molecule has 5 nitrogen and oxygen atoms in total. The molecule has 0 bridgehead atoms. The molecule has 0 spiro atoms. The van der Waals surface area contributed by atoms with E-state index < -0.39 is 5.82 Å². The third-order valence-corrected chi connectivity index (χ3v) is 5.86. The summed E-state index contributed by atoms with van der Waals surface area (Å²) in [5, 5.41) is 3.75. The van der Waals surface area contributed by atoms with Gasteiger partial charge in [-0.3, -0.25) is 9.69 Å². The molecule has 1 N–H and O–H groups in total. The first-order chi connectivity index (χ1) is 13.6. The zero-order valence-corrected chi connectivity index (χ0v) is 16.0. The van der Waals surface area contributed by atoms with Crippen molar-refractivity contribution in [3.63, 3.8) is 0 Å². The minimum absolute atomic E-state index is 0.243. The molecule has 1 saturated heterocycles. The number of hydrogen-bond donors (Lipinski definition) is 1. The Morgan fingerprint density at radius 3 is 2.64 bits per heavy atom. The van der Waals surface area contributed by atoms with E-state index in [4.69, 9.17) is 0 Å². The van der Waals surface area contributed by atoms with Gasteiger partial charge in [-0.1, -0.05) is 17.4 Å². The Bertz CT molecular complexity index is 985. The van der Waals surface area contributed by atoms with Crippen LogP contribution in [0.2, 0.25) is 0 Å². The molecule has 0 atom stereocenters. The molecule has 4 rings (SSSR count). The maximum absolute atomic E-state index is 13.4. The number of nitrogens with zero attached hydrogens (tertiary/aromatic N) is 3. The highest BCUT2D eigenvalue weighted by Gasteiger charge is 2.20. The van der Waals surface area contributed by atoms with Crippen molar-refractivity contribution >= 4 is 32.6 Å². The Labute approximate surface area is 165 Å². The zero-order chi connectivity index (χ0) is 19.5. The minimum Gasteiger partial charge on any atom is -0.351 e. The molecule has 0 aliphatic carbocycles. The van der Waals surface area contributed by atoms with Crippen LogP contribution in [-0.4, -0.2) is 55.1 Å². The molecule has 0 radical (unpaired) electrons. The molecule has 1 aromatic heterocycles. The normalized spacial score (nSPS) is 15.1. The van der Waals surface area contributed by atoms with Gasteiger partial charge in [-0.15, -0.1) is 0 Å². The second-order valence-corrected chi connectivity index (χ2v) is 7.71. The molecule has 8 heteroatoms. The number of nitrogens with one attached hydrogen (secondary N) is 1. The van der Waals surface area contributed by atoms with E-state index in [1.807, 2.05) is 0 Å². The molecule has 146 valence electrons. The van der Waals surface area contributed by atoms with Crippen molar-refractivity contribution in [2.24, 2.45) is 0 Å². The molecule has 2 heterocycles. The number of aromatic nitrogens is 1. The van der Waals surface area contributed by atoms with Crippen molar-refractivity contribution in [3.8, 4) is 0 Å². The van der Waals surface area contributed by atoms with Gasteiger partial charge in [-0.2, -0.15) is 0 Å². The SMILES string of the molecule is O=C(NCCN1CCN(c2nc3ccc(F)cc3s2)CC1)c1cccc(F)c1. The molecule has 1 fully saturated rings. The van der Waals surface area contributed by atoms with Gasteiger partial charge in [0.2, 0.25) is 0 Å². The highest BCUT2D eigenvalue weighted by molar-refractivity contribution is 7.22. The maximum Gasteiger partial charge on any atom is 0.251 e. The fourth-order valence-electron chi connectivity index (χ4n) is 3.24. The second-order valence-electron chi connectivity index (χ2n) is 6.70. The van der Waals surface area contributed by atoms with Crippen molar-refractivity contribution < 1.29 is 13.6 Å². The first-order valence-corrected chi connectivity index (χ1v) is 9.97. The number of benzene rings is 2. The van der Waals surface area contributed by atoms with E-state index >= 15 is 0 Å². The summed E-state index contributed by atoms with van der Waals surface area (Å²) in [5.41, 5.74) is 1.15. The van der Waals surface area contributed by atoms with Gasteiger partial charge in [0, 0.05) is 44.8 Å². The quantitative estimate of drug-likeness (QED) is 0.713. The van der Waals surface area contributed by atoms with E-state index in [0.717, 1.165) is 48.1 Å². The third-order valence-electron chi connectivity index (χ3n) is 4.78. The van der Waals surface area contributed by atoms with Gasteiger partial charge in [-0.05, 0) is 36.4 Å². The number of rotatable bonds is 5. The van der Waals surface area contributed by atoms with Crippen molar-refractivity contribution in [2.75, 3.05) is 44.2 Å². The molecule has 1 amide bonds. The van der Waals surface area contributed by atoms with Crippen LogP contribution >= 0.6 is 11.3 Å². The number of halogens is 2. The number of carbonyl (C=O) groups excluding carboxylic acids is 1. The fourth-order valence-corrected chi connectivity index (χ4v) is 4.29. The lowest BCUT2D eigenvalue weighted by molar-refractivity contribution is 0.0947. The zero-order valence-electron chi connectivity index (χ0n) is 15.2. The lowest BCUT2D eigenvalue weighted by Crippen LogP contribution is -2.48. The Morgan fingerprint density at radius 2 is 1.86 bits per heavy atom. The molecular formula is C20H20F2N4OS. The Morgan fingerprint density at radius 1 is 1.07 bits per heavy atom. The van der Waals surface area contributed by atoms with Crippen molar-refractivity contribution in [2.45, 2.75) is 0 Å². The summed E-state index contributed by atoms with van der Waals surface area (Å²) < 4.78 is 27.4. The van der Waals surface area contributed by atoms with Gasteiger partial charge in [0.15, 0.2) is 5.13 Å². The van der Waals surface area contributed by atoms with E-state index in [-0.39, 0.29) is 11.7 Å². The number of piperazine rings is 1. The number of carbonyl (C=O) groups is 1. The molecule has 3 aromatic rings. The number of thiazole rings is 1. The van der Waals surface area contributed by atoms with E-state index in [2.05, 4.69) is 20.1 Å². The van der Waals surface area contributed by atoms with Crippen LogP contribution in [0.3, 0.4) is 0 Å². The molecule has 0 unspecified atom stereocenters. The second kappa shape index (κ2) is 8.20. The number of anilines is 1. The van der Waals surface area contributed by atoms with Crippen LogP contribution in [0.25, 0.3) is 10.2 Å². The van der Waals surface area contributed by atoms with Gasteiger partial charge >= 0.3 is 0 Å². The topological polar surface area (TPSA) is 48.5 Å². The first-order valence-electron chi connectivity index (χ1n) is 9.16. The van der Waals surface area contributed by atoms with Crippen LogP contribution in [0.15, 0.2) is 42.5 Å².